The molecule has 29 heavy (non-hydrogen) atoms. The average Bonchev–Trinajstić information content (AvgIpc) is 2.84. The van der Waals surface area contributed by atoms with Crippen molar-refractivity contribution in [2.24, 2.45) is 0 Å². The maximum atomic E-state index is 13.3. The Labute approximate surface area is 166 Å². The molecular weight excluding hydrogens is 366 g/mol. The van der Waals surface area contributed by atoms with E-state index in [9.17, 15) is 14.4 Å². The Balaban J connectivity index is 2.06. The molecule has 0 radical (unpaired) electrons. The molecule has 6 heteroatoms. The van der Waals surface area contributed by atoms with E-state index < -0.39 is 16.7 Å². The molecule has 0 amide bonds. The number of rotatable bonds is 4. The third-order valence-electron chi connectivity index (χ3n) is 4.85. The lowest BCUT2D eigenvalue weighted by molar-refractivity contribution is 0.696. The number of benzene rings is 3. The number of anilines is 1. The van der Waals surface area contributed by atoms with Crippen molar-refractivity contribution < 1.29 is 0 Å². The standard InChI is InChI=1S/C23H19N3O3/c1-24(18-12-6-3-7-13-18)26-21(27)19-14-8-9-15-20(19)25(22(28)23(26)29)16-17-10-4-2-5-11-17/h2-15H,16H2,1H3. The highest BCUT2D eigenvalue weighted by Gasteiger charge is 2.16. The van der Waals surface area contributed by atoms with E-state index in [1.807, 2.05) is 36.4 Å². The number of nitrogens with zero attached hydrogens (tertiary/aromatic N) is 3. The second-order valence-electron chi connectivity index (χ2n) is 6.68. The van der Waals surface area contributed by atoms with Crippen LogP contribution in [0.2, 0.25) is 0 Å². The summed E-state index contributed by atoms with van der Waals surface area (Å²) in [6, 6.07) is 25.1. The summed E-state index contributed by atoms with van der Waals surface area (Å²) < 4.78 is 2.27. The maximum absolute atomic E-state index is 13.3. The lowest BCUT2D eigenvalue weighted by Gasteiger charge is -2.19. The molecule has 4 aromatic rings. The van der Waals surface area contributed by atoms with Crippen molar-refractivity contribution in [3.8, 4) is 0 Å². The normalized spacial score (nSPS) is 10.8. The summed E-state index contributed by atoms with van der Waals surface area (Å²) in [5.41, 5.74) is -0.287. The SMILES string of the molecule is CN(c1ccccc1)n1c(=O)c(=O)n(Cc2ccccc2)c2ccccc2c1=O. The third kappa shape index (κ3) is 3.36. The first-order valence-electron chi connectivity index (χ1n) is 9.20. The van der Waals surface area contributed by atoms with Crippen molar-refractivity contribution in [3.63, 3.8) is 0 Å². The fraction of sp³-hybridized carbons (Fsp3) is 0.0870. The molecule has 0 atom stereocenters. The second kappa shape index (κ2) is 7.59. The molecule has 4 rings (SSSR count). The summed E-state index contributed by atoms with van der Waals surface area (Å²) in [6.07, 6.45) is 0. The zero-order chi connectivity index (χ0) is 20.4. The number of para-hydroxylation sites is 2. The van der Waals surface area contributed by atoms with Crippen LogP contribution in [-0.2, 0) is 6.54 Å². The fourth-order valence-corrected chi connectivity index (χ4v) is 3.37. The van der Waals surface area contributed by atoms with Gasteiger partial charge >= 0.3 is 11.1 Å². The minimum absolute atomic E-state index is 0.193. The summed E-state index contributed by atoms with van der Waals surface area (Å²) in [4.78, 5) is 39.6. The van der Waals surface area contributed by atoms with Gasteiger partial charge in [0.05, 0.1) is 23.1 Å². The van der Waals surface area contributed by atoms with Crippen LogP contribution in [0.25, 0.3) is 10.9 Å². The molecule has 0 fully saturated rings. The zero-order valence-electron chi connectivity index (χ0n) is 15.9. The zero-order valence-corrected chi connectivity index (χ0v) is 15.9. The van der Waals surface area contributed by atoms with Gasteiger partial charge in [0.15, 0.2) is 0 Å². The van der Waals surface area contributed by atoms with E-state index in [2.05, 4.69) is 0 Å². The average molecular weight is 385 g/mol. The van der Waals surface area contributed by atoms with E-state index in [0.29, 0.717) is 16.6 Å². The van der Waals surface area contributed by atoms with Crippen LogP contribution in [0.5, 0.6) is 0 Å². The lowest BCUT2D eigenvalue weighted by atomic mass is 10.2. The highest BCUT2D eigenvalue weighted by atomic mass is 16.2. The van der Waals surface area contributed by atoms with Crippen LogP contribution in [-0.4, -0.2) is 16.3 Å². The molecule has 0 saturated heterocycles. The smallest absolute Gasteiger partial charge is 0.299 e. The molecule has 3 aromatic carbocycles. The molecule has 0 unspecified atom stereocenters. The van der Waals surface area contributed by atoms with Crippen molar-refractivity contribution >= 4 is 16.6 Å². The Morgan fingerprint density at radius 3 is 1.97 bits per heavy atom. The number of aromatic nitrogens is 2. The van der Waals surface area contributed by atoms with Crippen LogP contribution in [0.4, 0.5) is 5.69 Å². The third-order valence-corrected chi connectivity index (χ3v) is 4.85. The summed E-state index contributed by atoms with van der Waals surface area (Å²) >= 11 is 0. The van der Waals surface area contributed by atoms with Gasteiger partial charge in [-0.05, 0) is 29.8 Å². The van der Waals surface area contributed by atoms with E-state index in [1.165, 1.54) is 9.58 Å². The summed E-state index contributed by atoms with van der Waals surface area (Å²) in [6.45, 7) is 0.193. The molecular formula is C23H19N3O3. The van der Waals surface area contributed by atoms with Crippen LogP contribution < -0.4 is 21.7 Å². The van der Waals surface area contributed by atoms with Gasteiger partial charge in [0, 0.05) is 7.05 Å². The maximum Gasteiger partial charge on any atom is 0.338 e. The van der Waals surface area contributed by atoms with Crippen molar-refractivity contribution in [1.29, 1.82) is 0 Å². The first kappa shape index (κ1) is 18.4. The van der Waals surface area contributed by atoms with Gasteiger partial charge in [-0.1, -0.05) is 60.7 Å². The quantitative estimate of drug-likeness (QED) is 0.506. The Hall–Kier alpha value is -3.93. The molecule has 0 spiro atoms. The Morgan fingerprint density at radius 2 is 1.28 bits per heavy atom. The highest BCUT2D eigenvalue weighted by Crippen LogP contribution is 2.12. The summed E-state index contributed by atoms with van der Waals surface area (Å²) in [7, 11) is 1.59. The van der Waals surface area contributed by atoms with Gasteiger partial charge in [0.1, 0.15) is 0 Å². The first-order valence-corrected chi connectivity index (χ1v) is 9.20. The van der Waals surface area contributed by atoms with Gasteiger partial charge < -0.3 is 0 Å². The minimum atomic E-state index is -0.895. The molecule has 0 aliphatic carbocycles. The first-order chi connectivity index (χ1) is 14.1. The van der Waals surface area contributed by atoms with E-state index in [0.717, 1.165) is 10.2 Å². The van der Waals surface area contributed by atoms with Crippen LogP contribution in [0.1, 0.15) is 5.56 Å². The van der Waals surface area contributed by atoms with E-state index in [-0.39, 0.29) is 6.54 Å². The second-order valence-corrected chi connectivity index (χ2v) is 6.68. The minimum Gasteiger partial charge on any atom is -0.299 e. The molecule has 0 N–H and O–H groups in total. The van der Waals surface area contributed by atoms with E-state index in [4.69, 9.17) is 0 Å². The largest absolute Gasteiger partial charge is 0.338 e. The molecule has 0 saturated carbocycles. The molecule has 6 nitrogen and oxygen atoms in total. The highest BCUT2D eigenvalue weighted by molar-refractivity contribution is 5.77. The molecule has 1 heterocycles. The Morgan fingerprint density at radius 1 is 0.690 bits per heavy atom. The van der Waals surface area contributed by atoms with Crippen molar-refractivity contribution in [2.75, 3.05) is 12.1 Å². The number of fused-ring (bicyclic) bond motifs is 1. The van der Waals surface area contributed by atoms with Gasteiger partial charge in [-0.2, -0.15) is 4.68 Å². The van der Waals surface area contributed by atoms with Crippen LogP contribution in [0, 0.1) is 0 Å². The topological polar surface area (TPSA) is 64.3 Å². The van der Waals surface area contributed by atoms with Crippen molar-refractivity contribution in [2.45, 2.75) is 6.54 Å². The van der Waals surface area contributed by atoms with E-state index >= 15 is 0 Å². The monoisotopic (exact) mass is 385 g/mol. The summed E-state index contributed by atoms with van der Waals surface area (Å²) in [5, 5.41) is 1.70. The fourth-order valence-electron chi connectivity index (χ4n) is 3.37. The summed E-state index contributed by atoms with van der Waals surface area (Å²) in [5.74, 6) is 0. The van der Waals surface area contributed by atoms with E-state index in [1.54, 1.807) is 55.6 Å². The molecule has 144 valence electrons. The molecule has 0 aliphatic heterocycles. The van der Waals surface area contributed by atoms with Crippen LogP contribution >= 0.6 is 0 Å². The van der Waals surface area contributed by atoms with Gasteiger partial charge in [-0.15, -0.1) is 0 Å². The molecule has 0 bridgehead atoms. The molecule has 0 aliphatic rings. The predicted molar refractivity (Wildman–Crippen MR) is 115 cm³/mol. The van der Waals surface area contributed by atoms with Crippen LogP contribution in [0.3, 0.4) is 0 Å². The molecule has 1 aromatic heterocycles. The van der Waals surface area contributed by atoms with Gasteiger partial charge in [0.2, 0.25) is 0 Å². The van der Waals surface area contributed by atoms with Gasteiger partial charge in [0.25, 0.3) is 5.56 Å². The predicted octanol–water partition coefficient (Wildman–Crippen LogP) is 2.47. The van der Waals surface area contributed by atoms with Crippen molar-refractivity contribution in [1.82, 2.24) is 9.24 Å². The number of hydrogen-bond acceptors (Lipinski definition) is 4. The Kier molecular flexibility index (Phi) is 4.83. The lowest BCUT2D eigenvalue weighted by Crippen LogP contribution is -2.49. The Bertz CT molecular complexity index is 1340. The van der Waals surface area contributed by atoms with Gasteiger partial charge in [-0.25, -0.2) is 0 Å². The van der Waals surface area contributed by atoms with Crippen molar-refractivity contribution in [3.05, 3.63) is 122 Å². The number of hydrogen-bond donors (Lipinski definition) is 0. The van der Waals surface area contributed by atoms with Gasteiger partial charge in [-0.3, -0.25) is 24.0 Å². The van der Waals surface area contributed by atoms with Crippen LogP contribution in [0.15, 0.2) is 99.3 Å².